The fourth-order valence-electron chi connectivity index (χ4n) is 2.51. The number of carbonyl (C=O) groups is 1. The Morgan fingerprint density at radius 1 is 1.32 bits per heavy atom. The molecule has 0 bridgehead atoms. The Balaban J connectivity index is 2.05. The van der Waals surface area contributed by atoms with Crippen LogP contribution in [0.3, 0.4) is 0 Å². The van der Waals surface area contributed by atoms with Gasteiger partial charge in [-0.1, -0.05) is 6.07 Å². The summed E-state index contributed by atoms with van der Waals surface area (Å²) in [6, 6.07) is 7.50. The lowest BCUT2D eigenvalue weighted by atomic mass is 10.1. The zero-order valence-electron chi connectivity index (χ0n) is 11.8. The summed E-state index contributed by atoms with van der Waals surface area (Å²) in [6.07, 6.45) is 3.49. The van der Waals surface area contributed by atoms with E-state index in [4.69, 9.17) is 5.73 Å². The number of nitrogens with two attached hydrogens (primary N) is 1. The van der Waals surface area contributed by atoms with E-state index in [-0.39, 0.29) is 11.9 Å². The normalized spacial score (nSPS) is 17.1. The van der Waals surface area contributed by atoms with Gasteiger partial charge in [0.1, 0.15) is 6.04 Å². The zero-order valence-corrected chi connectivity index (χ0v) is 11.8. The zero-order chi connectivity index (χ0) is 13.8. The van der Waals surface area contributed by atoms with Crippen LogP contribution in [0.1, 0.15) is 26.2 Å². The van der Waals surface area contributed by atoms with Crippen molar-refractivity contribution in [1.82, 2.24) is 4.90 Å². The lowest BCUT2D eigenvalue weighted by molar-refractivity contribution is -0.133. The van der Waals surface area contributed by atoms with E-state index in [1.165, 1.54) is 6.42 Å². The second kappa shape index (κ2) is 5.95. The largest absolute Gasteiger partial charge is 0.399 e. The van der Waals surface area contributed by atoms with Crippen LogP contribution in [0.4, 0.5) is 11.4 Å². The Morgan fingerprint density at radius 2 is 2.00 bits per heavy atom. The van der Waals surface area contributed by atoms with E-state index in [0.29, 0.717) is 0 Å². The molecule has 1 atom stereocenters. The van der Waals surface area contributed by atoms with Gasteiger partial charge >= 0.3 is 0 Å². The molecule has 1 aromatic rings. The minimum absolute atomic E-state index is 0.153. The second-order valence-corrected chi connectivity index (χ2v) is 5.27. The highest BCUT2D eigenvalue weighted by molar-refractivity contribution is 5.85. The van der Waals surface area contributed by atoms with E-state index in [1.807, 2.05) is 48.0 Å². The molecule has 2 rings (SSSR count). The third-order valence-electron chi connectivity index (χ3n) is 3.88. The van der Waals surface area contributed by atoms with E-state index < -0.39 is 0 Å². The topological polar surface area (TPSA) is 49.6 Å². The SMILES string of the molecule is CC(C(=O)N1CCCCC1)N(C)c1cccc(N)c1. The standard InChI is InChI=1S/C15H23N3O/c1-12(15(19)18-9-4-3-5-10-18)17(2)14-8-6-7-13(16)11-14/h6-8,11-12H,3-5,9-10,16H2,1-2H3. The van der Waals surface area contributed by atoms with Crippen LogP contribution in [0, 0.1) is 0 Å². The third kappa shape index (κ3) is 3.19. The molecule has 4 nitrogen and oxygen atoms in total. The smallest absolute Gasteiger partial charge is 0.244 e. The predicted molar refractivity (Wildman–Crippen MR) is 79.2 cm³/mol. The monoisotopic (exact) mass is 261 g/mol. The van der Waals surface area contributed by atoms with Crippen molar-refractivity contribution in [3.63, 3.8) is 0 Å². The number of anilines is 2. The molecule has 19 heavy (non-hydrogen) atoms. The van der Waals surface area contributed by atoms with Crippen molar-refractivity contribution >= 4 is 17.3 Å². The molecule has 1 heterocycles. The van der Waals surface area contributed by atoms with E-state index in [9.17, 15) is 4.79 Å². The Labute approximate surface area is 115 Å². The maximum atomic E-state index is 12.5. The fourth-order valence-corrected chi connectivity index (χ4v) is 2.51. The van der Waals surface area contributed by atoms with Crippen molar-refractivity contribution in [3.05, 3.63) is 24.3 Å². The van der Waals surface area contributed by atoms with Gasteiger partial charge in [-0.2, -0.15) is 0 Å². The van der Waals surface area contributed by atoms with Gasteiger partial charge in [0, 0.05) is 31.5 Å². The minimum Gasteiger partial charge on any atom is -0.399 e. The molecule has 104 valence electrons. The fraction of sp³-hybridized carbons (Fsp3) is 0.533. The molecule has 1 aliphatic rings. The number of hydrogen-bond donors (Lipinski definition) is 1. The summed E-state index contributed by atoms with van der Waals surface area (Å²) in [6.45, 7) is 3.75. The average molecular weight is 261 g/mol. The number of piperidine rings is 1. The molecule has 0 aliphatic carbocycles. The summed E-state index contributed by atoms with van der Waals surface area (Å²) in [5, 5.41) is 0. The molecule has 1 unspecified atom stereocenters. The third-order valence-corrected chi connectivity index (χ3v) is 3.88. The lowest BCUT2D eigenvalue weighted by Crippen LogP contribution is -2.47. The molecule has 1 aromatic carbocycles. The van der Waals surface area contributed by atoms with Crippen LogP contribution in [0.15, 0.2) is 24.3 Å². The van der Waals surface area contributed by atoms with Crippen LogP contribution in [0.5, 0.6) is 0 Å². The molecule has 1 amide bonds. The lowest BCUT2D eigenvalue weighted by Gasteiger charge is -2.33. The maximum absolute atomic E-state index is 12.5. The Kier molecular flexibility index (Phi) is 4.30. The highest BCUT2D eigenvalue weighted by Crippen LogP contribution is 2.20. The molecule has 0 saturated carbocycles. The predicted octanol–water partition coefficient (Wildman–Crippen LogP) is 2.11. The van der Waals surface area contributed by atoms with Gasteiger partial charge in [0.15, 0.2) is 0 Å². The van der Waals surface area contributed by atoms with E-state index in [1.54, 1.807) is 0 Å². The summed E-state index contributed by atoms with van der Waals surface area (Å²) in [5.41, 5.74) is 7.50. The van der Waals surface area contributed by atoms with Crippen LogP contribution in [0.25, 0.3) is 0 Å². The molecular weight excluding hydrogens is 238 g/mol. The molecule has 0 radical (unpaired) electrons. The van der Waals surface area contributed by atoms with Crippen LogP contribution >= 0.6 is 0 Å². The average Bonchev–Trinajstić information content (AvgIpc) is 2.46. The molecule has 4 heteroatoms. The first kappa shape index (κ1) is 13.7. The van der Waals surface area contributed by atoms with E-state index >= 15 is 0 Å². The molecule has 0 spiro atoms. The van der Waals surface area contributed by atoms with Crippen LogP contribution in [-0.2, 0) is 4.79 Å². The maximum Gasteiger partial charge on any atom is 0.244 e. The Morgan fingerprint density at radius 3 is 2.63 bits per heavy atom. The van der Waals surface area contributed by atoms with Crippen molar-refractivity contribution in [2.75, 3.05) is 30.8 Å². The first-order valence-corrected chi connectivity index (χ1v) is 6.97. The van der Waals surface area contributed by atoms with Gasteiger partial charge in [-0.25, -0.2) is 0 Å². The van der Waals surface area contributed by atoms with Gasteiger partial charge in [0.05, 0.1) is 0 Å². The number of carbonyl (C=O) groups excluding carboxylic acids is 1. The van der Waals surface area contributed by atoms with E-state index in [0.717, 1.165) is 37.3 Å². The van der Waals surface area contributed by atoms with Crippen molar-refractivity contribution in [3.8, 4) is 0 Å². The Hall–Kier alpha value is -1.71. The van der Waals surface area contributed by atoms with E-state index in [2.05, 4.69) is 0 Å². The number of likely N-dealkylation sites (N-methyl/N-ethyl adjacent to an activating group) is 1. The van der Waals surface area contributed by atoms with Gasteiger partial charge in [-0.05, 0) is 44.4 Å². The summed E-state index contributed by atoms with van der Waals surface area (Å²) >= 11 is 0. The summed E-state index contributed by atoms with van der Waals surface area (Å²) < 4.78 is 0. The van der Waals surface area contributed by atoms with Crippen LogP contribution < -0.4 is 10.6 Å². The first-order chi connectivity index (χ1) is 9.09. The minimum atomic E-state index is -0.153. The van der Waals surface area contributed by atoms with Crippen molar-refractivity contribution in [1.29, 1.82) is 0 Å². The quantitative estimate of drug-likeness (QED) is 0.848. The van der Waals surface area contributed by atoms with Crippen molar-refractivity contribution in [2.24, 2.45) is 0 Å². The molecule has 0 aromatic heterocycles. The number of rotatable bonds is 3. The van der Waals surface area contributed by atoms with Crippen LogP contribution in [0.2, 0.25) is 0 Å². The molecule has 1 fully saturated rings. The molecule has 2 N–H and O–H groups in total. The van der Waals surface area contributed by atoms with Crippen LogP contribution in [-0.4, -0.2) is 37.0 Å². The molecular formula is C15H23N3O. The summed E-state index contributed by atoms with van der Waals surface area (Å²) in [4.78, 5) is 16.4. The van der Waals surface area contributed by atoms with Crippen molar-refractivity contribution < 1.29 is 4.79 Å². The highest BCUT2D eigenvalue weighted by Gasteiger charge is 2.25. The van der Waals surface area contributed by atoms with Gasteiger partial charge in [0.2, 0.25) is 5.91 Å². The number of nitrogens with zero attached hydrogens (tertiary/aromatic N) is 2. The number of hydrogen-bond acceptors (Lipinski definition) is 3. The first-order valence-electron chi connectivity index (χ1n) is 6.97. The molecule has 1 saturated heterocycles. The number of amides is 1. The number of benzene rings is 1. The summed E-state index contributed by atoms with van der Waals surface area (Å²) in [7, 11) is 1.95. The number of nitrogen functional groups attached to an aromatic ring is 1. The Bertz CT molecular complexity index is 441. The van der Waals surface area contributed by atoms with Gasteiger partial charge < -0.3 is 15.5 Å². The summed E-state index contributed by atoms with van der Waals surface area (Å²) in [5.74, 6) is 0.213. The highest BCUT2D eigenvalue weighted by atomic mass is 16.2. The van der Waals surface area contributed by atoms with Gasteiger partial charge in [-0.3, -0.25) is 4.79 Å². The van der Waals surface area contributed by atoms with Gasteiger partial charge in [0.25, 0.3) is 0 Å². The molecule has 1 aliphatic heterocycles. The number of likely N-dealkylation sites (tertiary alicyclic amines) is 1. The van der Waals surface area contributed by atoms with Gasteiger partial charge in [-0.15, -0.1) is 0 Å². The van der Waals surface area contributed by atoms with Crippen molar-refractivity contribution in [2.45, 2.75) is 32.2 Å². The second-order valence-electron chi connectivity index (χ2n) is 5.27.